The summed E-state index contributed by atoms with van der Waals surface area (Å²) in [6, 6.07) is 10.5. The molecule has 100 valence electrons. The van der Waals surface area contributed by atoms with Gasteiger partial charge in [-0.1, -0.05) is 24.3 Å². The fourth-order valence-electron chi connectivity index (χ4n) is 3.56. The standard InChI is InChI=1S/C17H16N2O/c1-10-6-12(9-18-8-10)19-17(20)16-14-7-11-4-2-3-5-13(11)15(14)16/h2-6,8-9,14-16H,7H2,1H3,(H,19,20). The number of benzene rings is 1. The molecule has 0 saturated heterocycles. The normalized spacial score (nSPS) is 25.8. The Bertz CT molecular complexity index is 695. The molecule has 3 atom stereocenters. The number of nitrogens with one attached hydrogen (secondary N) is 1. The summed E-state index contributed by atoms with van der Waals surface area (Å²) in [6.45, 7) is 1.98. The van der Waals surface area contributed by atoms with E-state index in [1.165, 1.54) is 11.1 Å². The van der Waals surface area contributed by atoms with Gasteiger partial charge in [0.05, 0.1) is 11.9 Å². The number of nitrogens with zero attached hydrogens (tertiary/aromatic N) is 1. The molecule has 1 saturated carbocycles. The van der Waals surface area contributed by atoms with Crippen molar-refractivity contribution in [2.75, 3.05) is 5.32 Å². The van der Waals surface area contributed by atoms with E-state index in [1.807, 2.05) is 13.0 Å². The second kappa shape index (κ2) is 4.17. The van der Waals surface area contributed by atoms with Crippen LogP contribution in [-0.4, -0.2) is 10.9 Å². The molecule has 1 N–H and O–H groups in total. The maximum absolute atomic E-state index is 12.4. The minimum Gasteiger partial charge on any atom is -0.324 e. The van der Waals surface area contributed by atoms with E-state index < -0.39 is 0 Å². The van der Waals surface area contributed by atoms with Gasteiger partial charge < -0.3 is 5.32 Å². The van der Waals surface area contributed by atoms with Crippen LogP contribution in [0.25, 0.3) is 0 Å². The van der Waals surface area contributed by atoms with Gasteiger partial charge in [-0.2, -0.15) is 0 Å². The molecule has 0 bridgehead atoms. The van der Waals surface area contributed by atoms with Gasteiger partial charge in [-0.15, -0.1) is 0 Å². The molecule has 20 heavy (non-hydrogen) atoms. The Morgan fingerprint density at radius 1 is 1.30 bits per heavy atom. The maximum Gasteiger partial charge on any atom is 0.228 e. The van der Waals surface area contributed by atoms with Crippen molar-refractivity contribution < 1.29 is 4.79 Å². The Morgan fingerprint density at radius 2 is 2.15 bits per heavy atom. The zero-order chi connectivity index (χ0) is 13.7. The van der Waals surface area contributed by atoms with Crippen LogP contribution in [0.5, 0.6) is 0 Å². The number of aromatic nitrogens is 1. The number of rotatable bonds is 2. The molecule has 3 nitrogen and oxygen atoms in total. The van der Waals surface area contributed by atoms with Gasteiger partial charge in [-0.05, 0) is 47.9 Å². The summed E-state index contributed by atoms with van der Waals surface area (Å²) < 4.78 is 0. The third kappa shape index (κ3) is 1.73. The van der Waals surface area contributed by atoms with Crippen LogP contribution in [0.1, 0.15) is 22.6 Å². The highest BCUT2D eigenvalue weighted by molar-refractivity contribution is 5.96. The largest absolute Gasteiger partial charge is 0.324 e. The van der Waals surface area contributed by atoms with E-state index in [9.17, 15) is 4.79 Å². The van der Waals surface area contributed by atoms with Crippen molar-refractivity contribution in [2.45, 2.75) is 19.3 Å². The van der Waals surface area contributed by atoms with Crippen molar-refractivity contribution in [1.29, 1.82) is 0 Å². The lowest BCUT2D eigenvalue weighted by Gasteiger charge is -2.08. The third-order valence-corrected chi connectivity index (χ3v) is 4.48. The van der Waals surface area contributed by atoms with Crippen molar-refractivity contribution in [1.82, 2.24) is 4.98 Å². The molecule has 2 aliphatic rings. The summed E-state index contributed by atoms with van der Waals surface area (Å²) in [6.07, 6.45) is 4.54. The number of aryl methyl sites for hydroxylation is 1. The number of pyridine rings is 1. The van der Waals surface area contributed by atoms with Crippen LogP contribution in [0.4, 0.5) is 5.69 Å². The molecule has 1 amide bonds. The molecule has 2 aromatic rings. The van der Waals surface area contributed by atoms with E-state index in [0.717, 1.165) is 17.7 Å². The van der Waals surface area contributed by atoms with E-state index in [4.69, 9.17) is 0 Å². The molecule has 0 aliphatic heterocycles. The molecule has 3 heteroatoms. The average Bonchev–Trinajstić information content (AvgIpc) is 3.02. The van der Waals surface area contributed by atoms with Gasteiger partial charge in [-0.25, -0.2) is 0 Å². The summed E-state index contributed by atoms with van der Waals surface area (Å²) in [5.74, 6) is 1.22. The molecule has 0 spiro atoms. The van der Waals surface area contributed by atoms with Crippen LogP contribution in [-0.2, 0) is 11.2 Å². The zero-order valence-corrected chi connectivity index (χ0v) is 11.3. The van der Waals surface area contributed by atoms with Crippen LogP contribution < -0.4 is 5.32 Å². The molecule has 3 unspecified atom stereocenters. The Kier molecular flexibility index (Phi) is 2.43. The van der Waals surface area contributed by atoms with Crippen molar-refractivity contribution in [3.63, 3.8) is 0 Å². The number of hydrogen-bond donors (Lipinski definition) is 1. The third-order valence-electron chi connectivity index (χ3n) is 4.48. The van der Waals surface area contributed by atoms with E-state index in [0.29, 0.717) is 11.8 Å². The summed E-state index contributed by atoms with van der Waals surface area (Å²) in [5, 5.41) is 3.00. The highest BCUT2D eigenvalue weighted by Gasteiger charge is 2.59. The SMILES string of the molecule is Cc1cncc(NC(=O)C2C3Cc4ccccc4C32)c1. The number of fused-ring (bicyclic) bond motifs is 3. The van der Waals surface area contributed by atoms with Crippen LogP contribution in [0.3, 0.4) is 0 Å². The lowest BCUT2D eigenvalue weighted by Crippen LogP contribution is -2.17. The van der Waals surface area contributed by atoms with Crippen molar-refractivity contribution in [3.8, 4) is 0 Å². The topological polar surface area (TPSA) is 42.0 Å². The molecule has 0 radical (unpaired) electrons. The number of carbonyl (C=O) groups is 1. The molecule has 1 heterocycles. The molecule has 2 aliphatic carbocycles. The number of amides is 1. The predicted octanol–water partition coefficient (Wildman–Crippen LogP) is 2.91. The summed E-state index contributed by atoms with van der Waals surface area (Å²) >= 11 is 0. The lowest BCUT2D eigenvalue weighted by molar-refractivity contribution is -0.117. The molecule has 1 aromatic heterocycles. The zero-order valence-electron chi connectivity index (χ0n) is 11.3. The molecular weight excluding hydrogens is 248 g/mol. The predicted molar refractivity (Wildman–Crippen MR) is 77.5 cm³/mol. The van der Waals surface area contributed by atoms with E-state index in [1.54, 1.807) is 12.4 Å². The van der Waals surface area contributed by atoms with Gasteiger partial charge in [0.1, 0.15) is 0 Å². The minimum absolute atomic E-state index is 0.141. The van der Waals surface area contributed by atoms with Crippen LogP contribution >= 0.6 is 0 Å². The summed E-state index contributed by atoms with van der Waals surface area (Å²) in [4.78, 5) is 16.5. The van der Waals surface area contributed by atoms with Gasteiger partial charge in [0.25, 0.3) is 0 Å². The average molecular weight is 264 g/mol. The maximum atomic E-state index is 12.4. The summed E-state index contributed by atoms with van der Waals surface area (Å²) in [7, 11) is 0. The van der Waals surface area contributed by atoms with Crippen LogP contribution in [0.15, 0.2) is 42.7 Å². The van der Waals surface area contributed by atoms with E-state index in [2.05, 4.69) is 34.6 Å². The van der Waals surface area contributed by atoms with E-state index in [-0.39, 0.29) is 11.8 Å². The second-order valence-electron chi connectivity index (χ2n) is 5.86. The van der Waals surface area contributed by atoms with Gasteiger partial charge in [-0.3, -0.25) is 9.78 Å². The first-order valence-electron chi connectivity index (χ1n) is 7.04. The number of carbonyl (C=O) groups excluding carboxylic acids is 1. The van der Waals surface area contributed by atoms with Gasteiger partial charge in [0, 0.05) is 12.1 Å². The van der Waals surface area contributed by atoms with Crippen molar-refractivity contribution in [3.05, 3.63) is 59.4 Å². The highest BCUT2D eigenvalue weighted by Crippen LogP contribution is 2.61. The Hall–Kier alpha value is -2.16. The fraction of sp³-hybridized carbons (Fsp3) is 0.294. The quantitative estimate of drug-likeness (QED) is 0.906. The van der Waals surface area contributed by atoms with Crippen LogP contribution in [0.2, 0.25) is 0 Å². The smallest absolute Gasteiger partial charge is 0.228 e. The first kappa shape index (κ1) is 11.6. The molecule has 1 fully saturated rings. The van der Waals surface area contributed by atoms with Crippen molar-refractivity contribution >= 4 is 11.6 Å². The summed E-state index contributed by atoms with van der Waals surface area (Å²) in [5.41, 5.74) is 4.65. The fourth-order valence-corrected chi connectivity index (χ4v) is 3.56. The molecule has 1 aromatic carbocycles. The van der Waals surface area contributed by atoms with Gasteiger partial charge in [0.2, 0.25) is 5.91 Å². The van der Waals surface area contributed by atoms with Gasteiger partial charge >= 0.3 is 0 Å². The monoisotopic (exact) mass is 264 g/mol. The number of anilines is 1. The first-order chi connectivity index (χ1) is 9.74. The van der Waals surface area contributed by atoms with Crippen molar-refractivity contribution in [2.24, 2.45) is 11.8 Å². The first-order valence-corrected chi connectivity index (χ1v) is 7.04. The second-order valence-corrected chi connectivity index (χ2v) is 5.86. The Labute approximate surface area is 118 Å². The Balaban J connectivity index is 1.51. The van der Waals surface area contributed by atoms with Gasteiger partial charge in [0.15, 0.2) is 0 Å². The molecular formula is C17H16N2O. The minimum atomic E-state index is 0.141. The Morgan fingerprint density at radius 3 is 3.00 bits per heavy atom. The number of hydrogen-bond acceptors (Lipinski definition) is 2. The molecule has 4 rings (SSSR count). The highest BCUT2D eigenvalue weighted by atomic mass is 16.2. The lowest BCUT2D eigenvalue weighted by atomic mass is 10.0. The van der Waals surface area contributed by atoms with Crippen LogP contribution in [0, 0.1) is 18.8 Å². The van der Waals surface area contributed by atoms with E-state index >= 15 is 0 Å².